The largest absolute Gasteiger partial charge is 0.454 e. The molecule has 0 atom stereocenters. The van der Waals surface area contributed by atoms with Gasteiger partial charge in [0.2, 0.25) is 0 Å². The third-order valence-electron chi connectivity index (χ3n) is 33.7. The van der Waals surface area contributed by atoms with E-state index < -0.39 is 0 Å². The van der Waals surface area contributed by atoms with Crippen molar-refractivity contribution in [2.24, 2.45) is 0 Å². The lowest BCUT2D eigenvalue weighted by molar-refractivity contribution is 0.666. The summed E-state index contributed by atoms with van der Waals surface area (Å²) in [6, 6.07) is 149. The lowest BCUT2D eigenvalue weighted by Gasteiger charge is -2.11. The number of nitrogens with zero attached hydrogens (tertiary/aromatic N) is 8. The maximum Gasteiger partial charge on any atom is 0.159 e. The maximum absolute atomic E-state index is 7.62. The first-order valence-corrected chi connectivity index (χ1v) is 49.6. The molecule has 0 bridgehead atoms. The second kappa shape index (κ2) is 24.9. The molecule has 22 aromatic carbocycles. The summed E-state index contributed by atoms with van der Waals surface area (Å²) in [5, 5.41) is 37.5. The van der Waals surface area contributed by atoms with Crippen LogP contribution >= 0.6 is 0 Å². The molecule has 144 heavy (non-hydrogen) atoms. The van der Waals surface area contributed by atoms with Crippen molar-refractivity contribution in [1.82, 2.24) is 35.9 Å². The van der Waals surface area contributed by atoms with Gasteiger partial charge in [0, 0.05) is 172 Å². The summed E-state index contributed by atoms with van der Waals surface area (Å²) in [6.07, 6.45) is 0. The normalized spacial score (nSPS) is 13.1. The van der Waals surface area contributed by atoms with Gasteiger partial charge in [-0.25, -0.2) is 0 Å². The lowest BCUT2D eigenvalue weighted by atomic mass is 9.97. The number of furan rings is 4. The fourth-order valence-corrected chi connectivity index (χ4v) is 28.2. The van der Waals surface area contributed by atoms with Crippen molar-refractivity contribution in [2.45, 2.75) is 0 Å². The lowest BCUT2D eigenvalue weighted by Crippen LogP contribution is -1.95. The van der Waals surface area contributed by atoms with Crippen molar-refractivity contribution in [2.75, 3.05) is 0 Å². The van der Waals surface area contributed by atoms with Crippen molar-refractivity contribution >= 4 is 327 Å². The molecule has 0 aliphatic rings. The van der Waals surface area contributed by atoms with E-state index in [9.17, 15) is 0 Å². The first-order valence-electron chi connectivity index (χ1n) is 49.6. The highest BCUT2D eigenvalue weighted by atomic mass is 16.3. The van der Waals surface area contributed by atoms with E-state index in [1.807, 2.05) is 0 Å². The van der Waals surface area contributed by atoms with Crippen LogP contribution < -0.4 is 0 Å². The van der Waals surface area contributed by atoms with Crippen molar-refractivity contribution in [3.63, 3.8) is 0 Å². The molecule has 16 heterocycles. The molecule has 12 nitrogen and oxygen atoms in total. The Hall–Kier alpha value is -19.6. The molecule has 16 aromatic heterocycles. The average molecular weight is 1830 g/mol. The Kier molecular flexibility index (Phi) is 12.6. The zero-order chi connectivity index (χ0) is 92.2. The summed E-state index contributed by atoms with van der Waals surface area (Å²) in [7, 11) is 0. The van der Waals surface area contributed by atoms with Crippen LogP contribution in [-0.4, -0.2) is 35.9 Å². The maximum atomic E-state index is 7.62. The van der Waals surface area contributed by atoms with Crippen LogP contribution in [-0.2, 0) is 0 Å². The Morgan fingerprint density at radius 1 is 0.132 bits per heavy atom. The van der Waals surface area contributed by atoms with Gasteiger partial charge in [-0.15, -0.1) is 0 Å². The molecule has 0 saturated heterocycles. The molecular weight excluding hydrogens is 1760 g/mol. The standard InChI is InChI=1S/C132H66N8O4/c1-11-41-94-69(26-1)88-59-90-84-61-107-85(62-106(84)138-99-46-16-6-34-81(99)121(127(90)138)125(88)135(94)103-50-22-38-75-72-28-9-19-53-113(72)142-130(75)103)91-60-89-70-57-56-67(58-105(70)140(126(89)122-82-35-7-17-47-100(82)139(107)128(91)122)104-51-23-39-76-73-29-10-20-54-114(73)143-131(76)104)68-36-25-55-115-116(68)83-40-24-49-102(132(83)144-115)134-96-43-13-3-31-78(96)118-111(134)66-93-87-64-108-86(63-109(87)137-98-45-15-5-33-80(98)120(118)124(93)137)92-65-110-117(119-79-32-4-14-44-97(79)136(108)123(92)119)77-30-2-12-42-95(77)133(110)101-48-21-37-74-71-27-8-18-52-112(71)141-129(74)101/h1-66H. The second-order valence-corrected chi connectivity index (χ2v) is 40.2. The smallest absolute Gasteiger partial charge is 0.159 e. The molecule has 0 unspecified atom stereocenters. The predicted molar refractivity (Wildman–Crippen MR) is 597 cm³/mol. The van der Waals surface area contributed by atoms with Crippen LogP contribution in [0, 0.1) is 0 Å². The van der Waals surface area contributed by atoms with E-state index >= 15 is 0 Å². The van der Waals surface area contributed by atoms with Gasteiger partial charge in [0.05, 0.1) is 133 Å². The number of hydrogen-bond acceptors (Lipinski definition) is 4. The minimum Gasteiger partial charge on any atom is -0.454 e. The van der Waals surface area contributed by atoms with Gasteiger partial charge in [0.25, 0.3) is 0 Å². The third-order valence-corrected chi connectivity index (χ3v) is 33.7. The summed E-state index contributed by atoms with van der Waals surface area (Å²) in [5.74, 6) is 0. The first-order chi connectivity index (χ1) is 71.5. The Morgan fingerprint density at radius 3 is 0.833 bits per heavy atom. The van der Waals surface area contributed by atoms with Crippen LogP contribution in [0.1, 0.15) is 0 Å². The Labute approximate surface area is 809 Å². The molecule has 38 rings (SSSR count). The summed E-state index contributed by atoms with van der Waals surface area (Å²) >= 11 is 0. The molecule has 0 radical (unpaired) electrons. The minimum atomic E-state index is 0.810. The fourth-order valence-electron chi connectivity index (χ4n) is 28.2. The molecule has 0 N–H and O–H groups in total. The highest BCUT2D eigenvalue weighted by Crippen LogP contribution is 2.58. The van der Waals surface area contributed by atoms with Gasteiger partial charge in [0.1, 0.15) is 22.3 Å². The molecule has 0 aliphatic carbocycles. The van der Waals surface area contributed by atoms with Gasteiger partial charge in [-0.05, 0) is 157 Å². The first kappa shape index (κ1) is 72.8. The number of benzene rings is 22. The topological polar surface area (TPSA) is 89.9 Å². The van der Waals surface area contributed by atoms with Gasteiger partial charge >= 0.3 is 0 Å². The summed E-state index contributed by atoms with van der Waals surface area (Å²) in [4.78, 5) is 0. The van der Waals surface area contributed by atoms with Crippen LogP contribution in [0.3, 0.4) is 0 Å². The van der Waals surface area contributed by atoms with E-state index in [0.717, 1.165) is 177 Å². The minimum absolute atomic E-state index is 0.810. The van der Waals surface area contributed by atoms with Crippen molar-refractivity contribution in [3.8, 4) is 33.9 Å². The summed E-state index contributed by atoms with van der Waals surface area (Å²) in [6.45, 7) is 0. The zero-order valence-corrected chi connectivity index (χ0v) is 76.3. The molecule has 12 heteroatoms. The summed E-state index contributed by atoms with van der Waals surface area (Å²) in [5.41, 5.74) is 36.1. The second-order valence-electron chi connectivity index (χ2n) is 40.2. The summed E-state index contributed by atoms with van der Waals surface area (Å²) < 4.78 is 49.0. The zero-order valence-electron chi connectivity index (χ0n) is 76.3. The van der Waals surface area contributed by atoms with Crippen molar-refractivity contribution in [3.05, 3.63) is 400 Å². The highest BCUT2D eigenvalue weighted by molar-refractivity contribution is 6.43. The van der Waals surface area contributed by atoms with Crippen molar-refractivity contribution in [1.29, 1.82) is 0 Å². The molecule has 0 aliphatic heterocycles. The number of hydrogen-bond donors (Lipinski definition) is 0. The van der Waals surface area contributed by atoms with Gasteiger partial charge in [-0.1, -0.05) is 255 Å². The quantitative estimate of drug-likeness (QED) is 0.172. The SMILES string of the molecule is c1ccc2c(c1)oc1c(-n3c4ccccc4c4c5c6ccccc6n6c7cc8c9cc%10c(c%11ccccc%11n%10-c%10cccc%11c%10oc%10cccc(-c%12ccc%13c%14cc%15c%16cc%17c(cc%16n%16c%18ccccc%18c(c%14n(-c%14cccc%18c%14oc%14ccccc%14%18)c%13c%12)c%15%16)c%12cc%13c%14ccccc%14n(-c%14cccc%15c%14oc%14ccccc%14%15)c%13c%13c%14ccccc%14n%17c%12%13)c%10%11)c%10c%11ccccc%11n(c8cc7c(cc43)c56)c9%10)cccc12. The Balaban J connectivity index is 0.560. The molecule has 0 fully saturated rings. The Bertz CT molecular complexity index is 12800. The van der Waals surface area contributed by atoms with E-state index in [2.05, 4.69) is 436 Å². The third kappa shape index (κ3) is 8.34. The molecule has 0 amide bonds. The van der Waals surface area contributed by atoms with Crippen LogP contribution in [0.4, 0.5) is 0 Å². The van der Waals surface area contributed by atoms with Gasteiger partial charge < -0.3 is 53.5 Å². The fraction of sp³-hybridized carbons (Fsp3) is 0. The highest BCUT2D eigenvalue weighted by Gasteiger charge is 2.35. The van der Waals surface area contributed by atoms with Crippen LogP contribution in [0.15, 0.2) is 418 Å². The van der Waals surface area contributed by atoms with E-state index in [1.165, 1.54) is 185 Å². The molecule has 658 valence electrons. The molecular formula is C132H66N8O4. The van der Waals surface area contributed by atoms with Crippen LogP contribution in [0.2, 0.25) is 0 Å². The van der Waals surface area contributed by atoms with Gasteiger partial charge in [-0.2, -0.15) is 0 Å². The van der Waals surface area contributed by atoms with Crippen LogP contribution in [0.5, 0.6) is 0 Å². The molecule has 38 aromatic rings. The molecule has 0 saturated carbocycles. The van der Waals surface area contributed by atoms with Gasteiger partial charge in [-0.3, -0.25) is 0 Å². The number of aromatic nitrogens is 8. The van der Waals surface area contributed by atoms with Gasteiger partial charge in [0.15, 0.2) is 22.3 Å². The van der Waals surface area contributed by atoms with E-state index in [-0.39, 0.29) is 0 Å². The number of fused-ring (bicyclic) bond motifs is 52. The predicted octanol–water partition coefficient (Wildman–Crippen LogP) is 35.9. The number of para-hydroxylation sites is 14. The van der Waals surface area contributed by atoms with E-state index in [4.69, 9.17) is 17.7 Å². The van der Waals surface area contributed by atoms with Crippen molar-refractivity contribution < 1.29 is 17.7 Å². The number of rotatable bonds is 5. The van der Waals surface area contributed by atoms with Crippen LogP contribution in [0.25, 0.3) is 361 Å². The average Bonchev–Trinajstić information content (AvgIpc) is 1.50. The van der Waals surface area contributed by atoms with E-state index in [1.54, 1.807) is 0 Å². The van der Waals surface area contributed by atoms with E-state index in [0.29, 0.717) is 0 Å². The monoisotopic (exact) mass is 1830 g/mol. The Morgan fingerprint density at radius 2 is 0.410 bits per heavy atom. The molecule has 0 spiro atoms.